The maximum absolute atomic E-state index is 13.0. The summed E-state index contributed by atoms with van der Waals surface area (Å²) in [6, 6.07) is 10.9. The highest BCUT2D eigenvalue weighted by Crippen LogP contribution is 2.28. The van der Waals surface area contributed by atoms with Crippen molar-refractivity contribution in [2.24, 2.45) is 0 Å². The van der Waals surface area contributed by atoms with E-state index in [4.69, 9.17) is 11.6 Å². The Balaban J connectivity index is 1.47. The first-order valence-corrected chi connectivity index (χ1v) is 8.80. The summed E-state index contributed by atoms with van der Waals surface area (Å²) in [4.78, 5) is 4.22. The molecule has 142 valence electrons. The molecule has 6 nitrogen and oxygen atoms in total. The standard InChI is InChI=1S/C17H16ClF3N6/c18-13-4-2-1-3-12(13)11-25-7-9-26(10-8-25)15-6-5-14-22-23-16(17(19,20)21)27(14)24-15/h1-6H,7-11H2. The molecular weight excluding hydrogens is 381 g/mol. The third kappa shape index (κ3) is 3.70. The minimum absolute atomic E-state index is 0.0726. The van der Waals surface area contributed by atoms with E-state index in [2.05, 4.69) is 20.2 Å². The first-order chi connectivity index (χ1) is 12.9. The third-order valence-corrected chi connectivity index (χ3v) is 4.92. The summed E-state index contributed by atoms with van der Waals surface area (Å²) in [7, 11) is 0. The molecule has 1 fully saturated rings. The molecule has 1 aromatic carbocycles. The summed E-state index contributed by atoms with van der Waals surface area (Å²) in [6.45, 7) is 3.58. The summed E-state index contributed by atoms with van der Waals surface area (Å²) in [5.74, 6) is -0.637. The zero-order valence-corrected chi connectivity index (χ0v) is 15.0. The number of hydrogen-bond acceptors (Lipinski definition) is 5. The van der Waals surface area contributed by atoms with Gasteiger partial charge >= 0.3 is 6.18 Å². The van der Waals surface area contributed by atoms with Crippen LogP contribution in [0.3, 0.4) is 0 Å². The molecule has 0 saturated carbocycles. The Bertz CT molecular complexity index is 949. The number of benzene rings is 1. The second kappa shape index (κ2) is 6.97. The number of rotatable bonds is 3. The van der Waals surface area contributed by atoms with Crippen LogP contribution in [0.25, 0.3) is 5.65 Å². The van der Waals surface area contributed by atoms with Crippen LogP contribution in [0.1, 0.15) is 11.4 Å². The third-order valence-electron chi connectivity index (χ3n) is 4.55. The van der Waals surface area contributed by atoms with Gasteiger partial charge in [0.05, 0.1) is 0 Å². The van der Waals surface area contributed by atoms with E-state index >= 15 is 0 Å². The van der Waals surface area contributed by atoms with Crippen molar-refractivity contribution < 1.29 is 13.2 Å². The first-order valence-electron chi connectivity index (χ1n) is 8.42. The summed E-state index contributed by atoms with van der Waals surface area (Å²) in [5, 5.41) is 11.6. The van der Waals surface area contributed by atoms with Gasteiger partial charge in [0.2, 0.25) is 0 Å². The van der Waals surface area contributed by atoms with Crippen LogP contribution in [-0.4, -0.2) is 50.9 Å². The van der Waals surface area contributed by atoms with Crippen molar-refractivity contribution >= 4 is 23.1 Å². The molecule has 0 atom stereocenters. The van der Waals surface area contributed by atoms with Gasteiger partial charge in [-0.15, -0.1) is 15.3 Å². The molecule has 1 saturated heterocycles. The topological polar surface area (TPSA) is 49.6 Å². The quantitative estimate of drug-likeness (QED) is 0.681. The van der Waals surface area contributed by atoms with Gasteiger partial charge in [-0.05, 0) is 23.8 Å². The van der Waals surface area contributed by atoms with E-state index in [9.17, 15) is 13.2 Å². The molecule has 0 unspecified atom stereocenters. The van der Waals surface area contributed by atoms with Gasteiger partial charge in [0.25, 0.3) is 5.82 Å². The van der Waals surface area contributed by atoms with Crippen molar-refractivity contribution in [2.75, 3.05) is 31.1 Å². The molecule has 0 aliphatic carbocycles. The smallest absolute Gasteiger partial charge is 0.353 e. The summed E-state index contributed by atoms with van der Waals surface area (Å²) < 4.78 is 39.8. The first kappa shape index (κ1) is 18.0. The van der Waals surface area contributed by atoms with E-state index in [0.29, 0.717) is 18.9 Å². The van der Waals surface area contributed by atoms with Gasteiger partial charge in [-0.1, -0.05) is 29.8 Å². The molecule has 0 N–H and O–H groups in total. The predicted molar refractivity (Wildman–Crippen MR) is 94.7 cm³/mol. The zero-order chi connectivity index (χ0) is 19.0. The number of nitrogens with zero attached hydrogens (tertiary/aromatic N) is 6. The van der Waals surface area contributed by atoms with E-state index in [1.54, 1.807) is 6.07 Å². The molecule has 0 spiro atoms. The lowest BCUT2D eigenvalue weighted by atomic mass is 10.2. The van der Waals surface area contributed by atoms with Crippen LogP contribution in [0.2, 0.25) is 5.02 Å². The van der Waals surface area contributed by atoms with Crippen LogP contribution in [0.15, 0.2) is 36.4 Å². The van der Waals surface area contributed by atoms with E-state index in [1.165, 1.54) is 6.07 Å². The molecular formula is C17H16ClF3N6. The van der Waals surface area contributed by atoms with Crippen LogP contribution in [-0.2, 0) is 12.7 Å². The van der Waals surface area contributed by atoms with Gasteiger partial charge in [-0.25, -0.2) is 0 Å². The lowest BCUT2D eigenvalue weighted by molar-refractivity contribution is -0.146. The molecule has 0 bridgehead atoms. The Labute approximate surface area is 158 Å². The Hall–Kier alpha value is -2.39. The Morgan fingerprint density at radius 3 is 2.41 bits per heavy atom. The van der Waals surface area contributed by atoms with E-state index in [0.717, 1.165) is 34.7 Å². The van der Waals surface area contributed by atoms with Crippen molar-refractivity contribution in [1.82, 2.24) is 24.7 Å². The van der Waals surface area contributed by atoms with Crippen LogP contribution in [0, 0.1) is 0 Å². The molecule has 4 rings (SSSR count). The molecule has 3 heterocycles. The Morgan fingerprint density at radius 2 is 1.70 bits per heavy atom. The van der Waals surface area contributed by atoms with Crippen molar-refractivity contribution in [3.8, 4) is 0 Å². The maximum atomic E-state index is 13.0. The van der Waals surface area contributed by atoms with Crippen molar-refractivity contribution in [1.29, 1.82) is 0 Å². The Morgan fingerprint density at radius 1 is 0.963 bits per heavy atom. The summed E-state index contributed by atoms with van der Waals surface area (Å²) >= 11 is 6.21. The minimum Gasteiger partial charge on any atom is -0.353 e. The van der Waals surface area contributed by atoms with Crippen LogP contribution in [0.5, 0.6) is 0 Å². The second-order valence-electron chi connectivity index (χ2n) is 6.34. The van der Waals surface area contributed by atoms with Gasteiger partial charge in [0.15, 0.2) is 5.65 Å². The molecule has 3 aromatic rings. The van der Waals surface area contributed by atoms with Gasteiger partial charge in [0.1, 0.15) is 5.82 Å². The average Bonchev–Trinajstić information content (AvgIpc) is 3.08. The number of fused-ring (bicyclic) bond motifs is 1. The molecule has 2 aromatic heterocycles. The van der Waals surface area contributed by atoms with Crippen molar-refractivity contribution in [3.05, 3.63) is 52.8 Å². The van der Waals surface area contributed by atoms with Crippen molar-refractivity contribution in [3.63, 3.8) is 0 Å². The molecule has 27 heavy (non-hydrogen) atoms. The minimum atomic E-state index is -4.60. The summed E-state index contributed by atoms with van der Waals surface area (Å²) in [6.07, 6.45) is -4.60. The highest BCUT2D eigenvalue weighted by Gasteiger charge is 2.37. The van der Waals surface area contributed by atoms with Gasteiger partial charge in [-0.3, -0.25) is 4.90 Å². The van der Waals surface area contributed by atoms with Gasteiger partial charge < -0.3 is 4.90 Å². The second-order valence-corrected chi connectivity index (χ2v) is 6.74. The lowest BCUT2D eigenvalue weighted by Crippen LogP contribution is -2.46. The molecule has 0 radical (unpaired) electrons. The number of piperazine rings is 1. The zero-order valence-electron chi connectivity index (χ0n) is 14.2. The number of anilines is 1. The van der Waals surface area contributed by atoms with Crippen LogP contribution in [0.4, 0.5) is 19.0 Å². The highest BCUT2D eigenvalue weighted by atomic mass is 35.5. The fraction of sp³-hybridized carbons (Fsp3) is 0.353. The van der Waals surface area contributed by atoms with Crippen LogP contribution >= 0.6 is 11.6 Å². The monoisotopic (exact) mass is 396 g/mol. The number of hydrogen-bond donors (Lipinski definition) is 0. The van der Waals surface area contributed by atoms with Gasteiger partial charge in [0, 0.05) is 37.7 Å². The average molecular weight is 397 g/mol. The lowest BCUT2D eigenvalue weighted by Gasteiger charge is -2.35. The van der Waals surface area contributed by atoms with E-state index in [1.807, 2.05) is 29.2 Å². The fourth-order valence-corrected chi connectivity index (χ4v) is 3.32. The molecule has 1 aliphatic rings. The number of aromatic nitrogens is 4. The fourth-order valence-electron chi connectivity index (χ4n) is 3.13. The predicted octanol–water partition coefficient (Wildman–Crippen LogP) is 3.12. The van der Waals surface area contributed by atoms with Gasteiger partial charge in [-0.2, -0.15) is 17.7 Å². The molecule has 1 aliphatic heterocycles. The summed E-state index contributed by atoms with van der Waals surface area (Å²) in [5.41, 5.74) is 1.13. The normalized spacial score (nSPS) is 16.2. The maximum Gasteiger partial charge on any atom is 0.453 e. The largest absolute Gasteiger partial charge is 0.453 e. The van der Waals surface area contributed by atoms with Crippen molar-refractivity contribution in [2.45, 2.75) is 12.7 Å². The van der Waals surface area contributed by atoms with Crippen LogP contribution < -0.4 is 4.90 Å². The SMILES string of the molecule is FC(F)(F)c1nnc2ccc(N3CCN(Cc4ccccc4Cl)CC3)nn12. The number of alkyl halides is 3. The van der Waals surface area contributed by atoms with E-state index < -0.39 is 12.0 Å². The number of halogens is 4. The molecule has 10 heteroatoms. The highest BCUT2D eigenvalue weighted by molar-refractivity contribution is 6.31. The van der Waals surface area contributed by atoms with E-state index in [-0.39, 0.29) is 5.65 Å². The molecule has 0 amide bonds. The Kier molecular flexibility index (Phi) is 4.65.